The largest absolute Gasteiger partial charge is 0.469 e. The van der Waals surface area contributed by atoms with Gasteiger partial charge >= 0.3 is 0 Å². The molecule has 2 bridgehead atoms. The lowest BCUT2D eigenvalue weighted by Gasteiger charge is -2.40. The maximum Gasteiger partial charge on any atom is 0.107 e. The Hall–Kier alpha value is -1.02. The van der Waals surface area contributed by atoms with Crippen LogP contribution in [-0.4, -0.2) is 11.2 Å². The number of fused-ring (bicyclic) bond motifs is 1. The Labute approximate surface area is 102 Å². The first kappa shape index (κ1) is 9.95. The second-order valence-electron chi connectivity index (χ2n) is 6.07. The van der Waals surface area contributed by atoms with Crippen LogP contribution in [0.2, 0.25) is 0 Å². The van der Waals surface area contributed by atoms with Gasteiger partial charge in [-0.05, 0) is 50.2 Å². The summed E-state index contributed by atoms with van der Waals surface area (Å²) >= 11 is 0. The third-order valence-corrected chi connectivity index (χ3v) is 4.89. The van der Waals surface area contributed by atoms with Gasteiger partial charge in [0.1, 0.15) is 5.76 Å². The Bertz CT molecular complexity index is 449. The van der Waals surface area contributed by atoms with Crippen LogP contribution in [0.5, 0.6) is 0 Å². The summed E-state index contributed by atoms with van der Waals surface area (Å²) in [5.41, 5.74) is 0.277. The minimum absolute atomic E-state index is 0.0698. The molecule has 1 spiro atoms. The van der Waals surface area contributed by atoms with E-state index in [0.717, 1.165) is 30.9 Å². The highest BCUT2D eigenvalue weighted by atomic mass is 16.5. The molecule has 2 aliphatic heterocycles. The van der Waals surface area contributed by atoms with Crippen molar-refractivity contribution in [2.45, 2.75) is 49.2 Å². The molecule has 3 aliphatic rings. The SMILES string of the molecule is C=CC[C@]12CC3C[C@@]3(C[C@@H](c3ccco3)C1)O2. The fraction of sp³-hybridized carbons (Fsp3) is 0.600. The van der Waals surface area contributed by atoms with E-state index in [1.807, 2.05) is 12.1 Å². The molecule has 1 unspecified atom stereocenters. The molecule has 1 aromatic heterocycles. The maximum atomic E-state index is 6.40. The molecular weight excluding hydrogens is 212 g/mol. The van der Waals surface area contributed by atoms with E-state index in [2.05, 4.69) is 12.6 Å². The molecule has 2 saturated heterocycles. The van der Waals surface area contributed by atoms with Gasteiger partial charge in [0, 0.05) is 5.92 Å². The third kappa shape index (κ3) is 1.30. The molecular formula is C15H18O2. The first-order chi connectivity index (χ1) is 8.25. The highest BCUT2D eigenvalue weighted by Crippen LogP contribution is 2.69. The van der Waals surface area contributed by atoms with Crippen LogP contribution < -0.4 is 0 Å². The minimum atomic E-state index is 0.0698. The van der Waals surface area contributed by atoms with Gasteiger partial charge in [-0.15, -0.1) is 6.58 Å². The lowest BCUT2D eigenvalue weighted by atomic mass is 9.81. The van der Waals surface area contributed by atoms with E-state index in [1.54, 1.807) is 6.26 Å². The van der Waals surface area contributed by atoms with Crippen LogP contribution in [0.3, 0.4) is 0 Å². The zero-order valence-corrected chi connectivity index (χ0v) is 10.0. The average molecular weight is 230 g/mol. The normalized spacial score (nSPS) is 46.6. The predicted octanol–water partition coefficient (Wildman–Crippen LogP) is 3.65. The summed E-state index contributed by atoms with van der Waals surface area (Å²) in [6, 6.07) is 4.11. The molecule has 90 valence electrons. The first-order valence-corrected chi connectivity index (χ1v) is 6.60. The smallest absolute Gasteiger partial charge is 0.107 e. The van der Waals surface area contributed by atoms with Gasteiger partial charge in [-0.3, -0.25) is 0 Å². The van der Waals surface area contributed by atoms with Crippen LogP contribution in [0, 0.1) is 5.92 Å². The van der Waals surface area contributed by atoms with Crippen molar-refractivity contribution in [1.29, 1.82) is 0 Å². The highest BCUT2D eigenvalue weighted by molar-refractivity contribution is 5.24. The molecule has 1 aliphatic carbocycles. The number of ether oxygens (including phenoxy) is 1. The molecule has 4 rings (SSSR count). The Morgan fingerprint density at radius 1 is 1.35 bits per heavy atom. The van der Waals surface area contributed by atoms with Crippen molar-refractivity contribution >= 4 is 0 Å². The molecule has 17 heavy (non-hydrogen) atoms. The van der Waals surface area contributed by atoms with Crippen molar-refractivity contribution in [1.82, 2.24) is 0 Å². The summed E-state index contributed by atoms with van der Waals surface area (Å²) in [5.74, 6) is 2.50. The van der Waals surface area contributed by atoms with Crippen molar-refractivity contribution in [3.05, 3.63) is 36.8 Å². The molecule has 2 heteroatoms. The van der Waals surface area contributed by atoms with Gasteiger partial charge in [-0.2, -0.15) is 0 Å². The minimum Gasteiger partial charge on any atom is -0.469 e. The summed E-state index contributed by atoms with van der Waals surface area (Å²) in [7, 11) is 0. The molecule has 0 N–H and O–H groups in total. The van der Waals surface area contributed by atoms with Gasteiger partial charge < -0.3 is 9.15 Å². The van der Waals surface area contributed by atoms with Crippen LogP contribution in [0.1, 0.15) is 43.8 Å². The van der Waals surface area contributed by atoms with Gasteiger partial charge in [0.2, 0.25) is 0 Å². The van der Waals surface area contributed by atoms with Gasteiger partial charge in [-0.25, -0.2) is 0 Å². The van der Waals surface area contributed by atoms with E-state index >= 15 is 0 Å². The Morgan fingerprint density at radius 2 is 2.29 bits per heavy atom. The summed E-state index contributed by atoms with van der Waals surface area (Å²) < 4.78 is 12.0. The zero-order valence-electron chi connectivity index (χ0n) is 10.0. The van der Waals surface area contributed by atoms with E-state index in [9.17, 15) is 0 Å². The highest BCUT2D eigenvalue weighted by Gasteiger charge is 2.69. The molecule has 4 atom stereocenters. The predicted molar refractivity (Wildman–Crippen MR) is 64.8 cm³/mol. The first-order valence-electron chi connectivity index (χ1n) is 6.60. The van der Waals surface area contributed by atoms with Crippen LogP contribution in [-0.2, 0) is 4.74 Å². The van der Waals surface area contributed by atoms with Crippen molar-refractivity contribution in [3.8, 4) is 0 Å². The van der Waals surface area contributed by atoms with E-state index in [1.165, 1.54) is 12.8 Å². The van der Waals surface area contributed by atoms with Crippen molar-refractivity contribution < 1.29 is 9.15 Å². The summed E-state index contributed by atoms with van der Waals surface area (Å²) in [5, 5.41) is 0. The number of rotatable bonds is 3. The average Bonchev–Trinajstić information content (AvgIpc) is 2.70. The Morgan fingerprint density at radius 3 is 3.06 bits per heavy atom. The second-order valence-corrected chi connectivity index (χ2v) is 6.07. The summed E-state index contributed by atoms with van der Waals surface area (Å²) in [4.78, 5) is 0. The molecule has 2 nitrogen and oxygen atoms in total. The number of hydrogen-bond acceptors (Lipinski definition) is 2. The van der Waals surface area contributed by atoms with Crippen LogP contribution >= 0.6 is 0 Å². The van der Waals surface area contributed by atoms with Crippen molar-refractivity contribution in [2.75, 3.05) is 0 Å². The molecule has 3 heterocycles. The lowest BCUT2D eigenvalue weighted by molar-refractivity contribution is -0.118. The molecule has 0 aromatic carbocycles. The summed E-state index contributed by atoms with van der Waals surface area (Å²) in [6.45, 7) is 3.89. The fourth-order valence-corrected chi connectivity index (χ4v) is 4.21. The quantitative estimate of drug-likeness (QED) is 0.739. The Kier molecular flexibility index (Phi) is 1.79. The fourth-order valence-electron chi connectivity index (χ4n) is 4.21. The zero-order chi connectivity index (χ0) is 11.5. The van der Waals surface area contributed by atoms with Gasteiger partial charge in [0.05, 0.1) is 17.5 Å². The van der Waals surface area contributed by atoms with Crippen LogP contribution in [0.25, 0.3) is 0 Å². The second kappa shape index (κ2) is 3.05. The molecule has 3 fully saturated rings. The monoisotopic (exact) mass is 230 g/mol. The van der Waals surface area contributed by atoms with Gasteiger partial charge in [0.25, 0.3) is 0 Å². The maximum absolute atomic E-state index is 6.40. The standard InChI is InChI=1S/C15H18O2/c1-2-5-14-7-11(13-4-3-6-16-13)8-15(17-14)10-12(15)9-14/h2-4,6,11-12H,1,5,7-10H2/t11-,12?,14+,15+/m0/s1. The van der Waals surface area contributed by atoms with Crippen molar-refractivity contribution in [3.63, 3.8) is 0 Å². The summed E-state index contributed by atoms with van der Waals surface area (Å²) in [6.07, 6.45) is 9.55. The van der Waals surface area contributed by atoms with Crippen molar-refractivity contribution in [2.24, 2.45) is 5.92 Å². The van der Waals surface area contributed by atoms with Gasteiger partial charge in [-0.1, -0.05) is 6.08 Å². The number of hydrogen-bond donors (Lipinski definition) is 0. The molecule has 1 aromatic rings. The van der Waals surface area contributed by atoms with E-state index in [4.69, 9.17) is 9.15 Å². The van der Waals surface area contributed by atoms with Crippen LogP contribution in [0.15, 0.2) is 35.5 Å². The van der Waals surface area contributed by atoms with Gasteiger partial charge in [0.15, 0.2) is 0 Å². The van der Waals surface area contributed by atoms with E-state index < -0.39 is 0 Å². The number of furan rings is 1. The Balaban J connectivity index is 1.66. The van der Waals surface area contributed by atoms with Crippen LogP contribution in [0.4, 0.5) is 0 Å². The van der Waals surface area contributed by atoms with E-state index in [-0.39, 0.29) is 11.2 Å². The lowest BCUT2D eigenvalue weighted by Crippen LogP contribution is -2.39. The van der Waals surface area contributed by atoms with E-state index in [0.29, 0.717) is 5.92 Å². The molecule has 0 radical (unpaired) electrons. The molecule has 0 amide bonds. The third-order valence-electron chi connectivity index (χ3n) is 4.89. The molecule has 1 saturated carbocycles. The topological polar surface area (TPSA) is 22.4 Å².